The van der Waals surface area contributed by atoms with E-state index in [2.05, 4.69) is 20.8 Å². The number of rotatable bonds is 2. The van der Waals surface area contributed by atoms with Crippen molar-refractivity contribution >= 4 is 0 Å². The average Bonchev–Trinajstić information content (AvgIpc) is 3.03. The summed E-state index contributed by atoms with van der Waals surface area (Å²) in [6.07, 6.45) is 0.596. The van der Waals surface area contributed by atoms with Crippen LogP contribution in [0.5, 0.6) is 0 Å². The number of nitrogens with zero attached hydrogens (tertiary/aromatic N) is 2. The van der Waals surface area contributed by atoms with Crippen molar-refractivity contribution in [2.24, 2.45) is 19.5 Å². The zero-order valence-electron chi connectivity index (χ0n) is 11.6. The van der Waals surface area contributed by atoms with Crippen molar-refractivity contribution in [3.05, 3.63) is 32.6 Å². The van der Waals surface area contributed by atoms with Crippen molar-refractivity contribution in [2.45, 2.75) is 32.8 Å². The predicted octanol–water partition coefficient (Wildman–Crippen LogP) is 0.442. The smallest absolute Gasteiger partial charge is 0.330 e. The third kappa shape index (κ3) is 1.92. The van der Waals surface area contributed by atoms with Gasteiger partial charge in [0.2, 0.25) is 0 Å². The molecule has 0 N–H and O–H groups in total. The van der Waals surface area contributed by atoms with E-state index in [0.29, 0.717) is 13.0 Å². The topological polar surface area (TPSA) is 56.5 Å². The van der Waals surface area contributed by atoms with E-state index in [1.54, 1.807) is 7.05 Å². The number of aromatic nitrogens is 2. The van der Waals surface area contributed by atoms with Crippen LogP contribution in [0.15, 0.2) is 15.7 Å². The Balaban J connectivity index is 2.44. The van der Waals surface area contributed by atoms with Crippen LogP contribution in [0, 0.1) is 5.41 Å². The molecule has 2 rings (SSSR count). The van der Waals surface area contributed by atoms with Crippen LogP contribution in [-0.4, -0.2) is 21.3 Å². The number of epoxide rings is 1. The molecule has 1 fully saturated rings. The largest absolute Gasteiger partial charge is 0.369 e. The van der Waals surface area contributed by atoms with E-state index in [4.69, 9.17) is 4.74 Å². The maximum atomic E-state index is 11.9. The lowest BCUT2D eigenvalue weighted by Crippen LogP contribution is -2.41. The van der Waals surface area contributed by atoms with E-state index in [1.165, 1.54) is 17.7 Å². The highest BCUT2D eigenvalue weighted by Crippen LogP contribution is 2.46. The van der Waals surface area contributed by atoms with E-state index in [-0.39, 0.29) is 22.3 Å². The van der Waals surface area contributed by atoms with Crippen molar-refractivity contribution in [2.75, 3.05) is 6.61 Å². The fraction of sp³-hybridized carbons (Fsp3) is 0.692. The third-order valence-corrected chi connectivity index (χ3v) is 3.95. The van der Waals surface area contributed by atoms with Gasteiger partial charge in [-0.3, -0.25) is 9.36 Å². The first-order valence-electron chi connectivity index (χ1n) is 6.08. The fourth-order valence-corrected chi connectivity index (χ4v) is 2.13. The third-order valence-electron chi connectivity index (χ3n) is 3.95. The van der Waals surface area contributed by atoms with Crippen molar-refractivity contribution in [1.82, 2.24) is 9.13 Å². The molecule has 1 unspecified atom stereocenters. The Bertz CT molecular complexity index is 586. The molecule has 1 aliphatic heterocycles. The second-order valence-corrected chi connectivity index (χ2v) is 6.08. The number of hydrogen-bond acceptors (Lipinski definition) is 3. The van der Waals surface area contributed by atoms with Crippen molar-refractivity contribution in [3.8, 4) is 0 Å². The molecule has 1 aromatic rings. The molecule has 1 atom stereocenters. The standard InChI is InChI=1S/C13H20N2O3/c1-12(2,3)13(8-18-13)7-9-6-10(16)15(5)11(17)14(9)4/h6H,7-8H2,1-5H3. The van der Waals surface area contributed by atoms with Crippen LogP contribution in [-0.2, 0) is 25.3 Å². The first-order chi connectivity index (χ1) is 8.18. The molecule has 0 saturated carbocycles. The Morgan fingerprint density at radius 3 is 2.28 bits per heavy atom. The minimum Gasteiger partial charge on any atom is -0.369 e. The second kappa shape index (κ2) is 3.82. The Kier molecular flexibility index (Phi) is 2.77. The molecule has 1 aliphatic rings. The highest BCUT2D eigenvalue weighted by atomic mass is 16.6. The van der Waals surface area contributed by atoms with Crippen LogP contribution in [0.3, 0.4) is 0 Å². The SMILES string of the molecule is Cn1c(CC2(C(C)(C)C)CO2)cc(=O)n(C)c1=O. The van der Waals surface area contributed by atoms with Crippen LogP contribution in [0.4, 0.5) is 0 Å². The molecule has 0 amide bonds. The lowest BCUT2D eigenvalue weighted by molar-refractivity contribution is 0.152. The van der Waals surface area contributed by atoms with Gasteiger partial charge in [0.15, 0.2) is 0 Å². The molecule has 5 nitrogen and oxygen atoms in total. The summed E-state index contributed by atoms with van der Waals surface area (Å²) in [6, 6.07) is 1.52. The van der Waals surface area contributed by atoms with Gasteiger partial charge in [-0.2, -0.15) is 0 Å². The van der Waals surface area contributed by atoms with Gasteiger partial charge in [-0.15, -0.1) is 0 Å². The average molecular weight is 252 g/mol. The van der Waals surface area contributed by atoms with Crippen LogP contribution >= 0.6 is 0 Å². The van der Waals surface area contributed by atoms with Crippen molar-refractivity contribution < 1.29 is 4.74 Å². The summed E-state index contributed by atoms with van der Waals surface area (Å²) in [5, 5.41) is 0. The molecule has 0 bridgehead atoms. The molecule has 18 heavy (non-hydrogen) atoms. The van der Waals surface area contributed by atoms with E-state index >= 15 is 0 Å². The molecular formula is C13H20N2O3. The van der Waals surface area contributed by atoms with Gasteiger partial charge >= 0.3 is 5.69 Å². The Labute approximate surface area is 106 Å². The van der Waals surface area contributed by atoms with Crippen molar-refractivity contribution in [1.29, 1.82) is 0 Å². The Morgan fingerprint density at radius 1 is 1.28 bits per heavy atom. The fourth-order valence-electron chi connectivity index (χ4n) is 2.13. The van der Waals surface area contributed by atoms with Crippen LogP contribution in [0.25, 0.3) is 0 Å². The van der Waals surface area contributed by atoms with Gasteiger partial charge in [0.1, 0.15) is 5.60 Å². The molecule has 0 spiro atoms. The van der Waals surface area contributed by atoms with Crippen LogP contribution < -0.4 is 11.2 Å². The molecule has 5 heteroatoms. The highest BCUT2D eigenvalue weighted by Gasteiger charge is 2.54. The summed E-state index contributed by atoms with van der Waals surface area (Å²) in [5.74, 6) is 0. The normalized spacial score (nSPS) is 23.2. The minimum absolute atomic E-state index is 0.00980. The number of ether oxygens (including phenoxy) is 1. The summed E-state index contributed by atoms with van der Waals surface area (Å²) in [6.45, 7) is 7.01. The Hall–Kier alpha value is -1.36. The molecule has 0 radical (unpaired) electrons. The number of hydrogen-bond donors (Lipinski definition) is 0. The second-order valence-electron chi connectivity index (χ2n) is 6.08. The van der Waals surface area contributed by atoms with Gasteiger partial charge in [0, 0.05) is 32.3 Å². The highest BCUT2D eigenvalue weighted by molar-refractivity contribution is 5.14. The Morgan fingerprint density at radius 2 is 1.83 bits per heavy atom. The molecule has 0 aliphatic carbocycles. The lowest BCUT2D eigenvalue weighted by Gasteiger charge is -2.28. The van der Waals surface area contributed by atoms with E-state index in [1.807, 2.05) is 0 Å². The zero-order chi connectivity index (χ0) is 13.7. The van der Waals surface area contributed by atoms with Crippen molar-refractivity contribution in [3.63, 3.8) is 0 Å². The lowest BCUT2D eigenvalue weighted by atomic mass is 9.78. The summed E-state index contributed by atoms with van der Waals surface area (Å²) in [5.41, 5.74) is -0.0798. The van der Waals surface area contributed by atoms with E-state index in [9.17, 15) is 9.59 Å². The van der Waals surface area contributed by atoms with Crippen LogP contribution in [0.2, 0.25) is 0 Å². The first-order valence-corrected chi connectivity index (χ1v) is 6.08. The molecule has 2 heterocycles. The summed E-state index contributed by atoms with van der Waals surface area (Å²) < 4.78 is 8.24. The maximum Gasteiger partial charge on any atom is 0.330 e. The van der Waals surface area contributed by atoms with Gasteiger partial charge in [0.05, 0.1) is 6.61 Å². The summed E-state index contributed by atoms with van der Waals surface area (Å²) in [7, 11) is 3.18. The molecule has 0 aromatic carbocycles. The minimum atomic E-state index is -0.290. The van der Waals surface area contributed by atoms with Gasteiger partial charge < -0.3 is 9.30 Å². The maximum absolute atomic E-state index is 11.9. The van der Waals surface area contributed by atoms with Gasteiger partial charge in [0.25, 0.3) is 5.56 Å². The summed E-state index contributed by atoms with van der Waals surface area (Å²) in [4.78, 5) is 23.5. The molecule has 1 aromatic heterocycles. The van der Waals surface area contributed by atoms with E-state index < -0.39 is 0 Å². The van der Waals surface area contributed by atoms with Gasteiger partial charge in [-0.05, 0) is 5.41 Å². The first kappa shape index (κ1) is 13.1. The monoisotopic (exact) mass is 252 g/mol. The quantitative estimate of drug-likeness (QED) is 0.718. The predicted molar refractivity (Wildman–Crippen MR) is 68.8 cm³/mol. The molecule has 100 valence electrons. The van der Waals surface area contributed by atoms with Gasteiger partial charge in [-0.25, -0.2) is 4.79 Å². The molecule has 1 saturated heterocycles. The van der Waals surface area contributed by atoms with Crippen LogP contribution in [0.1, 0.15) is 26.5 Å². The van der Waals surface area contributed by atoms with E-state index in [0.717, 1.165) is 10.3 Å². The summed E-state index contributed by atoms with van der Waals surface area (Å²) >= 11 is 0. The van der Waals surface area contributed by atoms with Gasteiger partial charge in [-0.1, -0.05) is 20.8 Å². The zero-order valence-corrected chi connectivity index (χ0v) is 11.6. The molecular weight excluding hydrogens is 232 g/mol.